The van der Waals surface area contributed by atoms with Gasteiger partial charge in [0.15, 0.2) is 15.0 Å². The number of ether oxygens (including phenoxy) is 1. The number of hydrogen-bond acceptors (Lipinski definition) is 7. The lowest BCUT2D eigenvalue weighted by atomic mass is 9.93. The van der Waals surface area contributed by atoms with Crippen molar-refractivity contribution in [3.8, 4) is 17.0 Å². The van der Waals surface area contributed by atoms with Gasteiger partial charge in [-0.25, -0.2) is 13.4 Å². The molecule has 3 aromatic rings. The van der Waals surface area contributed by atoms with E-state index in [2.05, 4.69) is 10.3 Å². The fraction of sp³-hybridized carbons (Fsp3) is 0.222. The van der Waals surface area contributed by atoms with Gasteiger partial charge in [0.1, 0.15) is 9.96 Å². The molecule has 1 aromatic carbocycles. The third-order valence-corrected chi connectivity index (χ3v) is 8.21. The molecule has 0 unspecified atom stereocenters. The summed E-state index contributed by atoms with van der Waals surface area (Å²) in [6.45, 7) is 0. The van der Waals surface area contributed by atoms with E-state index in [0.29, 0.717) is 10.0 Å². The van der Waals surface area contributed by atoms with E-state index in [-0.39, 0.29) is 10.1 Å². The molecule has 6 nitrogen and oxygen atoms in total. The minimum Gasteiger partial charge on any atom is -0.497 e. The zero-order valence-corrected chi connectivity index (χ0v) is 17.1. The van der Waals surface area contributed by atoms with Crippen LogP contribution >= 0.6 is 22.7 Å². The van der Waals surface area contributed by atoms with Gasteiger partial charge in [-0.05, 0) is 48.7 Å². The average Bonchev–Trinajstić information content (AvgIpc) is 3.27. The topological polar surface area (TPSA) is 85.4 Å². The third kappa shape index (κ3) is 3.50. The Kier molecular flexibility index (Phi) is 4.53. The molecule has 1 N–H and O–H groups in total. The Morgan fingerprint density at radius 1 is 1.19 bits per heavy atom. The number of benzene rings is 1. The zero-order chi connectivity index (χ0) is 19.2. The van der Waals surface area contributed by atoms with Crippen molar-refractivity contribution in [2.24, 2.45) is 0 Å². The van der Waals surface area contributed by atoms with Crippen LogP contribution in [0.15, 0.2) is 34.5 Å². The molecule has 140 valence electrons. The van der Waals surface area contributed by atoms with Crippen LogP contribution in [0.5, 0.6) is 5.75 Å². The van der Waals surface area contributed by atoms with Gasteiger partial charge in [0.25, 0.3) is 5.91 Å². The first-order valence-electron chi connectivity index (χ1n) is 8.13. The van der Waals surface area contributed by atoms with E-state index < -0.39 is 9.84 Å². The monoisotopic (exact) mass is 420 g/mol. The second kappa shape index (κ2) is 6.74. The van der Waals surface area contributed by atoms with E-state index in [4.69, 9.17) is 4.74 Å². The molecule has 1 aliphatic carbocycles. The second-order valence-electron chi connectivity index (χ2n) is 6.16. The third-order valence-electron chi connectivity index (χ3n) is 4.28. The summed E-state index contributed by atoms with van der Waals surface area (Å²) >= 11 is 2.41. The van der Waals surface area contributed by atoms with Crippen LogP contribution in [0, 0.1) is 0 Å². The van der Waals surface area contributed by atoms with E-state index in [0.717, 1.165) is 52.3 Å². The van der Waals surface area contributed by atoms with Crippen LogP contribution in [0.1, 0.15) is 20.1 Å². The Labute approximate surface area is 164 Å². The lowest BCUT2D eigenvalue weighted by molar-refractivity contribution is 0.103. The predicted octanol–water partition coefficient (Wildman–Crippen LogP) is 3.63. The Morgan fingerprint density at radius 2 is 2.00 bits per heavy atom. The number of carbonyl (C=O) groups excluding carboxylic acids is 1. The normalized spacial score (nSPS) is 13.0. The van der Waals surface area contributed by atoms with Crippen LogP contribution in [-0.4, -0.2) is 32.7 Å². The van der Waals surface area contributed by atoms with Gasteiger partial charge in [-0.2, -0.15) is 0 Å². The maximum absolute atomic E-state index is 12.5. The van der Waals surface area contributed by atoms with Gasteiger partial charge in [-0.3, -0.25) is 10.1 Å². The molecule has 2 heterocycles. The maximum atomic E-state index is 12.5. The largest absolute Gasteiger partial charge is 0.497 e. The number of fused-ring (bicyclic) bond motifs is 3. The summed E-state index contributed by atoms with van der Waals surface area (Å²) in [5.41, 5.74) is 3.13. The summed E-state index contributed by atoms with van der Waals surface area (Å²) in [5, 5.41) is 3.31. The van der Waals surface area contributed by atoms with E-state index in [1.54, 1.807) is 7.11 Å². The van der Waals surface area contributed by atoms with Gasteiger partial charge in [0.2, 0.25) is 0 Å². The van der Waals surface area contributed by atoms with Crippen molar-refractivity contribution in [2.75, 3.05) is 18.7 Å². The van der Waals surface area contributed by atoms with Crippen molar-refractivity contribution >= 4 is 43.5 Å². The highest BCUT2D eigenvalue weighted by atomic mass is 32.2. The van der Waals surface area contributed by atoms with Crippen molar-refractivity contribution in [1.82, 2.24) is 4.98 Å². The number of amides is 1. The Hall–Kier alpha value is -2.23. The smallest absolute Gasteiger partial charge is 0.267 e. The van der Waals surface area contributed by atoms with Crippen LogP contribution < -0.4 is 10.1 Å². The number of anilines is 1. The highest BCUT2D eigenvalue weighted by molar-refractivity contribution is 7.92. The zero-order valence-electron chi connectivity index (χ0n) is 14.6. The first-order chi connectivity index (χ1) is 12.8. The number of nitrogens with one attached hydrogen (secondary N) is 1. The fourth-order valence-electron chi connectivity index (χ4n) is 2.97. The van der Waals surface area contributed by atoms with Gasteiger partial charge in [-0.15, -0.1) is 22.7 Å². The first kappa shape index (κ1) is 18.1. The Morgan fingerprint density at radius 3 is 2.70 bits per heavy atom. The van der Waals surface area contributed by atoms with E-state index >= 15 is 0 Å². The number of thiophene rings is 1. The van der Waals surface area contributed by atoms with Crippen LogP contribution in [0.3, 0.4) is 0 Å². The maximum Gasteiger partial charge on any atom is 0.267 e. The summed E-state index contributed by atoms with van der Waals surface area (Å²) in [4.78, 5) is 18.5. The molecule has 0 saturated carbocycles. The molecule has 9 heteroatoms. The molecule has 2 aromatic heterocycles. The highest BCUT2D eigenvalue weighted by Crippen LogP contribution is 2.39. The van der Waals surface area contributed by atoms with Crippen LogP contribution in [0.4, 0.5) is 5.13 Å². The first-order valence-corrected chi connectivity index (χ1v) is 11.7. The summed E-state index contributed by atoms with van der Waals surface area (Å²) < 4.78 is 28.6. The molecule has 1 amide bonds. The van der Waals surface area contributed by atoms with Crippen molar-refractivity contribution in [1.29, 1.82) is 0 Å². The Bertz CT molecular complexity index is 1150. The van der Waals surface area contributed by atoms with Crippen molar-refractivity contribution in [3.63, 3.8) is 0 Å². The number of thiazole rings is 1. The molecule has 27 heavy (non-hydrogen) atoms. The van der Waals surface area contributed by atoms with E-state index in [1.807, 2.05) is 18.2 Å². The molecule has 0 atom stereocenters. The second-order valence-corrected chi connectivity index (χ2v) is 10.6. The predicted molar refractivity (Wildman–Crippen MR) is 107 cm³/mol. The number of rotatable bonds is 4. The Balaban J connectivity index is 1.59. The van der Waals surface area contributed by atoms with Gasteiger partial charge in [0.05, 0.1) is 17.7 Å². The number of aryl methyl sites for hydroxylation is 2. The minimum absolute atomic E-state index is 0.175. The molecule has 0 saturated heterocycles. The molecule has 0 fully saturated rings. The summed E-state index contributed by atoms with van der Waals surface area (Å²) in [7, 11) is -1.67. The lowest BCUT2D eigenvalue weighted by Gasteiger charge is -2.15. The number of methoxy groups -OCH3 is 1. The van der Waals surface area contributed by atoms with Crippen molar-refractivity contribution in [2.45, 2.75) is 17.1 Å². The van der Waals surface area contributed by atoms with Gasteiger partial charge >= 0.3 is 0 Å². The van der Waals surface area contributed by atoms with Crippen LogP contribution in [0.25, 0.3) is 11.3 Å². The summed E-state index contributed by atoms with van der Waals surface area (Å²) in [6, 6.07) is 8.89. The standard InChI is InChI=1S/C18H16N2O4S3/c1-24-11-4-5-12-10(9-11)3-6-13-16(12)19-18(26-13)20-17(21)14-7-8-15(25-14)27(2,22)23/h4-5,7-9H,3,6H2,1-2H3,(H,19,20,21). The average molecular weight is 421 g/mol. The SMILES string of the molecule is COc1ccc2c(c1)CCc1sc(NC(=O)c3ccc(S(C)(=O)=O)s3)nc1-2. The van der Waals surface area contributed by atoms with Crippen molar-refractivity contribution < 1.29 is 17.9 Å². The number of carbonyl (C=O) groups is 1. The fourth-order valence-corrected chi connectivity index (χ4v) is 5.76. The van der Waals surface area contributed by atoms with E-state index in [9.17, 15) is 13.2 Å². The quantitative estimate of drug-likeness (QED) is 0.697. The molecule has 0 spiro atoms. The summed E-state index contributed by atoms with van der Waals surface area (Å²) in [5.74, 6) is 0.469. The molecule has 0 bridgehead atoms. The van der Waals surface area contributed by atoms with Gasteiger partial charge in [-0.1, -0.05) is 0 Å². The molecule has 0 aliphatic heterocycles. The number of sulfone groups is 1. The summed E-state index contributed by atoms with van der Waals surface area (Å²) in [6.07, 6.45) is 2.89. The number of hydrogen-bond donors (Lipinski definition) is 1. The molecule has 0 radical (unpaired) electrons. The van der Waals surface area contributed by atoms with Crippen molar-refractivity contribution in [3.05, 3.63) is 45.6 Å². The lowest BCUT2D eigenvalue weighted by Crippen LogP contribution is -2.09. The highest BCUT2D eigenvalue weighted by Gasteiger charge is 2.23. The van der Waals surface area contributed by atoms with Gasteiger partial charge in [0, 0.05) is 16.7 Å². The van der Waals surface area contributed by atoms with E-state index in [1.165, 1.54) is 29.0 Å². The van der Waals surface area contributed by atoms with Crippen LogP contribution in [-0.2, 0) is 22.7 Å². The minimum atomic E-state index is -3.31. The molecular weight excluding hydrogens is 404 g/mol. The molecule has 4 rings (SSSR count). The van der Waals surface area contributed by atoms with Gasteiger partial charge < -0.3 is 4.74 Å². The molecular formula is C18H16N2O4S3. The number of aromatic nitrogens is 1. The number of nitrogens with zero attached hydrogens (tertiary/aromatic N) is 1. The molecule has 1 aliphatic rings. The van der Waals surface area contributed by atoms with Crippen LogP contribution in [0.2, 0.25) is 0 Å².